The second kappa shape index (κ2) is 9.24. The first-order chi connectivity index (χ1) is 12.1. The maximum absolute atomic E-state index is 12.3. The van der Waals surface area contributed by atoms with E-state index >= 15 is 0 Å². The molecule has 25 heavy (non-hydrogen) atoms. The Balaban J connectivity index is 1.95. The first kappa shape index (κ1) is 18.2. The Morgan fingerprint density at radius 1 is 1.12 bits per heavy atom. The van der Waals surface area contributed by atoms with Crippen molar-refractivity contribution in [1.29, 1.82) is 5.26 Å². The summed E-state index contributed by atoms with van der Waals surface area (Å²) in [7, 11) is 1.31. The smallest absolute Gasteiger partial charge is 0.328 e. The van der Waals surface area contributed by atoms with Gasteiger partial charge in [-0.2, -0.15) is 5.26 Å². The number of hydrogen-bond acceptors (Lipinski definition) is 4. The van der Waals surface area contributed by atoms with E-state index in [1.807, 2.05) is 36.4 Å². The molecule has 5 nitrogen and oxygen atoms in total. The molecule has 0 spiro atoms. The number of aryl methyl sites for hydroxylation is 1. The highest BCUT2D eigenvalue weighted by Crippen LogP contribution is 2.09. The zero-order valence-corrected chi connectivity index (χ0v) is 14.1. The summed E-state index contributed by atoms with van der Waals surface area (Å²) in [4.78, 5) is 24.2. The SMILES string of the molecule is COC(=O)[C@@H](CCCc1ccccc1)NC(=O)c1ccc(C#N)cc1. The highest BCUT2D eigenvalue weighted by molar-refractivity contribution is 5.96. The Morgan fingerprint density at radius 2 is 1.80 bits per heavy atom. The van der Waals surface area contributed by atoms with Crippen molar-refractivity contribution in [3.05, 3.63) is 71.3 Å². The molecule has 0 unspecified atom stereocenters. The Morgan fingerprint density at radius 3 is 2.40 bits per heavy atom. The second-order valence-electron chi connectivity index (χ2n) is 5.62. The van der Waals surface area contributed by atoms with E-state index in [0.717, 1.165) is 12.8 Å². The van der Waals surface area contributed by atoms with Crippen LogP contribution in [0.25, 0.3) is 0 Å². The highest BCUT2D eigenvalue weighted by atomic mass is 16.5. The highest BCUT2D eigenvalue weighted by Gasteiger charge is 2.21. The van der Waals surface area contributed by atoms with E-state index < -0.39 is 12.0 Å². The van der Waals surface area contributed by atoms with Crippen LogP contribution in [0.1, 0.15) is 34.3 Å². The molecule has 0 aliphatic rings. The molecule has 2 rings (SSSR count). The number of esters is 1. The summed E-state index contributed by atoms with van der Waals surface area (Å²) in [5.74, 6) is -0.824. The van der Waals surface area contributed by atoms with E-state index in [9.17, 15) is 9.59 Å². The van der Waals surface area contributed by atoms with Crippen molar-refractivity contribution in [2.45, 2.75) is 25.3 Å². The first-order valence-corrected chi connectivity index (χ1v) is 8.07. The van der Waals surface area contributed by atoms with E-state index in [-0.39, 0.29) is 5.91 Å². The van der Waals surface area contributed by atoms with Crippen LogP contribution in [0.2, 0.25) is 0 Å². The summed E-state index contributed by atoms with van der Waals surface area (Å²) in [6.07, 6.45) is 2.06. The van der Waals surface area contributed by atoms with Gasteiger partial charge in [0.05, 0.1) is 18.7 Å². The van der Waals surface area contributed by atoms with Crippen LogP contribution in [0, 0.1) is 11.3 Å². The van der Waals surface area contributed by atoms with Gasteiger partial charge in [-0.1, -0.05) is 30.3 Å². The molecular formula is C20H20N2O3. The zero-order chi connectivity index (χ0) is 18.1. The fourth-order valence-electron chi connectivity index (χ4n) is 2.48. The molecule has 0 aromatic heterocycles. The lowest BCUT2D eigenvalue weighted by molar-refractivity contribution is -0.143. The average molecular weight is 336 g/mol. The molecule has 0 radical (unpaired) electrons. The molecule has 2 aromatic rings. The van der Waals surface area contributed by atoms with Gasteiger partial charge in [0, 0.05) is 5.56 Å². The number of hydrogen-bond donors (Lipinski definition) is 1. The Kier molecular flexibility index (Phi) is 6.73. The van der Waals surface area contributed by atoms with Gasteiger partial charge in [0.2, 0.25) is 0 Å². The number of nitrogens with one attached hydrogen (secondary N) is 1. The minimum Gasteiger partial charge on any atom is -0.467 e. The monoisotopic (exact) mass is 336 g/mol. The van der Waals surface area contributed by atoms with Gasteiger partial charge in [-0.15, -0.1) is 0 Å². The molecular weight excluding hydrogens is 316 g/mol. The van der Waals surface area contributed by atoms with Crippen LogP contribution in [0.15, 0.2) is 54.6 Å². The van der Waals surface area contributed by atoms with Crippen molar-refractivity contribution < 1.29 is 14.3 Å². The van der Waals surface area contributed by atoms with E-state index in [0.29, 0.717) is 17.5 Å². The van der Waals surface area contributed by atoms with Crippen molar-refractivity contribution in [3.8, 4) is 6.07 Å². The molecule has 0 fully saturated rings. The van der Waals surface area contributed by atoms with Gasteiger partial charge >= 0.3 is 5.97 Å². The maximum Gasteiger partial charge on any atom is 0.328 e. The van der Waals surface area contributed by atoms with Crippen LogP contribution < -0.4 is 5.32 Å². The third kappa shape index (κ3) is 5.47. The normalized spacial score (nSPS) is 11.2. The zero-order valence-electron chi connectivity index (χ0n) is 14.1. The summed E-state index contributed by atoms with van der Waals surface area (Å²) < 4.78 is 4.79. The second-order valence-corrected chi connectivity index (χ2v) is 5.62. The predicted molar refractivity (Wildman–Crippen MR) is 93.8 cm³/mol. The molecule has 0 aliphatic heterocycles. The molecule has 0 aliphatic carbocycles. The van der Waals surface area contributed by atoms with Crippen LogP contribution in [0.3, 0.4) is 0 Å². The summed E-state index contributed by atoms with van der Waals surface area (Å²) in [6, 6.07) is 17.5. The maximum atomic E-state index is 12.3. The van der Waals surface area contributed by atoms with Crippen molar-refractivity contribution in [2.24, 2.45) is 0 Å². The first-order valence-electron chi connectivity index (χ1n) is 8.07. The fourth-order valence-corrected chi connectivity index (χ4v) is 2.48. The van der Waals surface area contributed by atoms with Gasteiger partial charge in [0.25, 0.3) is 5.91 Å². The van der Waals surface area contributed by atoms with Gasteiger partial charge in [-0.25, -0.2) is 4.79 Å². The molecule has 128 valence electrons. The summed E-state index contributed by atoms with van der Waals surface area (Å²) in [6.45, 7) is 0. The molecule has 2 aromatic carbocycles. The third-order valence-electron chi connectivity index (χ3n) is 3.87. The van der Waals surface area contributed by atoms with Gasteiger partial charge in [0.1, 0.15) is 6.04 Å². The molecule has 5 heteroatoms. The van der Waals surface area contributed by atoms with Gasteiger partial charge in [-0.3, -0.25) is 4.79 Å². The van der Waals surface area contributed by atoms with Crippen molar-refractivity contribution in [1.82, 2.24) is 5.32 Å². The van der Waals surface area contributed by atoms with Crippen LogP contribution in [-0.4, -0.2) is 25.0 Å². The van der Waals surface area contributed by atoms with Crippen molar-refractivity contribution in [2.75, 3.05) is 7.11 Å². The summed E-state index contributed by atoms with van der Waals surface area (Å²) in [5.41, 5.74) is 2.06. The molecule has 0 saturated carbocycles. The lowest BCUT2D eigenvalue weighted by Gasteiger charge is -2.16. The van der Waals surface area contributed by atoms with Crippen LogP contribution in [0.5, 0.6) is 0 Å². The molecule has 1 amide bonds. The lowest BCUT2D eigenvalue weighted by atomic mass is 10.0. The molecule has 0 bridgehead atoms. The van der Waals surface area contributed by atoms with Crippen LogP contribution in [0.4, 0.5) is 0 Å². The minimum atomic E-state index is -0.697. The quantitative estimate of drug-likeness (QED) is 0.789. The minimum absolute atomic E-state index is 0.361. The number of ether oxygens (including phenoxy) is 1. The van der Waals surface area contributed by atoms with E-state index in [1.54, 1.807) is 24.3 Å². The number of carbonyl (C=O) groups excluding carboxylic acids is 2. The Hall–Kier alpha value is -3.13. The van der Waals surface area contributed by atoms with Gasteiger partial charge < -0.3 is 10.1 Å². The van der Waals surface area contributed by atoms with Gasteiger partial charge in [-0.05, 0) is 49.1 Å². The number of methoxy groups -OCH3 is 1. The van der Waals surface area contributed by atoms with Crippen molar-refractivity contribution >= 4 is 11.9 Å². The molecule has 1 N–H and O–H groups in total. The molecule has 1 atom stereocenters. The lowest BCUT2D eigenvalue weighted by Crippen LogP contribution is -2.41. The third-order valence-corrected chi connectivity index (χ3v) is 3.87. The largest absolute Gasteiger partial charge is 0.467 e. The van der Waals surface area contributed by atoms with Gasteiger partial charge in [0.15, 0.2) is 0 Å². The van der Waals surface area contributed by atoms with Crippen molar-refractivity contribution in [3.63, 3.8) is 0 Å². The van der Waals surface area contributed by atoms with Crippen LogP contribution >= 0.6 is 0 Å². The number of nitrogens with zero attached hydrogens (tertiary/aromatic N) is 1. The number of nitriles is 1. The summed E-state index contributed by atoms with van der Waals surface area (Å²) in [5, 5.41) is 11.5. The number of amides is 1. The predicted octanol–water partition coefficient (Wildman–Crippen LogP) is 2.85. The van der Waals surface area contributed by atoms with Crippen LogP contribution in [-0.2, 0) is 16.0 Å². The number of benzene rings is 2. The van der Waals surface area contributed by atoms with E-state index in [2.05, 4.69) is 5.32 Å². The van der Waals surface area contributed by atoms with E-state index in [1.165, 1.54) is 12.7 Å². The Bertz CT molecular complexity index is 749. The average Bonchev–Trinajstić information content (AvgIpc) is 2.67. The molecule has 0 heterocycles. The summed E-state index contributed by atoms with van der Waals surface area (Å²) >= 11 is 0. The topological polar surface area (TPSA) is 79.2 Å². The van der Waals surface area contributed by atoms with E-state index in [4.69, 9.17) is 10.00 Å². The number of carbonyl (C=O) groups is 2. The standard InChI is InChI=1S/C20H20N2O3/c1-25-20(24)18(9-5-8-15-6-3-2-4-7-15)22-19(23)17-12-10-16(14-21)11-13-17/h2-4,6-7,10-13,18H,5,8-9H2,1H3,(H,22,23)/t18-/m1/s1. The molecule has 0 saturated heterocycles. The fraction of sp³-hybridized carbons (Fsp3) is 0.250. The number of rotatable bonds is 7. The Labute approximate surface area is 147 Å².